The van der Waals surface area contributed by atoms with Crippen molar-refractivity contribution < 1.29 is 13.7 Å². The molecular weight excluding hydrogens is 266 g/mol. The maximum absolute atomic E-state index is 11.6. The number of nitrogens with one attached hydrogen (secondary N) is 1. The summed E-state index contributed by atoms with van der Waals surface area (Å²) in [7, 11) is 0. The summed E-state index contributed by atoms with van der Waals surface area (Å²) < 4.78 is 10.0. The summed E-state index contributed by atoms with van der Waals surface area (Å²) in [5, 5.41) is 5.97. The first-order valence-electron chi connectivity index (χ1n) is 4.01. The molecule has 0 fully saturated rings. The van der Waals surface area contributed by atoms with Gasteiger partial charge < -0.3 is 8.94 Å². The Morgan fingerprint density at radius 2 is 2.40 bits per heavy atom. The predicted molar refractivity (Wildman–Crippen MR) is 53.4 cm³/mol. The van der Waals surface area contributed by atoms with Gasteiger partial charge in [-0.25, -0.2) is 0 Å². The van der Waals surface area contributed by atoms with Crippen molar-refractivity contribution >= 4 is 27.9 Å². The summed E-state index contributed by atoms with van der Waals surface area (Å²) in [5.74, 6) is 0.0795. The summed E-state index contributed by atoms with van der Waals surface area (Å²) >= 11 is 3.09. The Morgan fingerprint density at radius 3 is 2.93 bits per heavy atom. The highest BCUT2D eigenvalue weighted by molar-refractivity contribution is 9.10. The Morgan fingerprint density at radius 1 is 1.60 bits per heavy atom. The average molecular weight is 272 g/mol. The fourth-order valence-corrected chi connectivity index (χ4v) is 1.39. The summed E-state index contributed by atoms with van der Waals surface area (Å²) in [6.07, 6.45) is 1.40. The SMILES string of the molecule is Cc1noc(NC(=O)c2ccoc2Br)n1. The second kappa shape index (κ2) is 3.85. The number of nitrogens with zero attached hydrogens (tertiary/aromatic N) is 2. The quantitative estimate of drug-likeness (QED) is 0.903. The Balaban J connectivity index is 2.14. The molecule has 7 heteroatoms. The maximum Gasteiger partial charge on any atom is 0.328 e. The van der Waals surface area contributed by atoms with E-state index < -0.39 is 0 Å². The number of hydrogen-bond donors (Lipinski definition) is 1. The highest BCUT2D eigenvalue weighted by atomic mass is 79.9. The fraction of sp³-hybridized carbons (Fsp3) is 0.125. The van der Waals surface area contributed by atoms with Crippen molar-refractivity contribution in [1.29, 1.82) is 0 Å². The van der Waals surface area contributed by atoms with Gasteiger partial charge in [-0.15, -0.1) is 0 Å². The van der Waals surface area contributed by atoms with Gasteiger partial charge in [-0.3, -0.25) is 10.1 Å². The van der Waals surface area contributed by atoms with Crippen LogP contribution in [0.4, 0.5) is 6.01 Å². The molecule has 1 amide bonds. The standard InChI is InChI=1S/C8H6BrN3O3/c1-4-10-8(15-12-4)11-7(13)5-2-3-14-6(5)9/h2-3H,1H3,(H,10,11,12,13). The largest absolute Gasteiger partial charge is 0.457 e. The van der Waals surface area contributed by atoms with Crippen LogP contribution in [0.1, 0.15) is 16.2 Å². The Kier molecular flexibility index (Phi) is 2.55. The van der Waals surface area contributed by atoms with Gasteiger partial charge in [-0.05, 0) is 28.9 Å². The zero-order chi connectivity index (χ0) is 10.8. The van der Waals surface area contributed by atoms with Gasteiger partial charge in [0.2, 0.25) is 0 Å². The second-order valence-corrected chi connectivity index (χ2v) is 3.43. The normalized spacial score (nSPS) is 10.3. The van der Waals surface area contributed by atoms with Crippen LogP contribution in [0.15, 0.2) is 25.9 Å². The van der Waals surface area contributed by atoms with Gasteiger partial charge in [-0.2, -0.15) is 4.98 Å². The van der Waals surface area contributed by atoms with Crippen LogP contribution >= 0.6 is 15.9 Å². The molecule has 0 atom stereocenters. The molecule has 0 spiro atoms. The first kappa shape index (κ1) is 9.91. The molecule has 0 aliphatic heterocycles. The van der Waals surface area contributed by atoms with Crippen LogP contribution < -0.4 is 5.32 Å². The molecule has 2 heterocycles. The number of aromatic nitrogens is 2. The smallest absolute Gasteiger partial charge is 0.328 e. The molecule has 0 aliphatic rings. The topological polar surface area (TPSA) is 81.2 Å². The van der Waals surface area contributed by atoms with Crippen molar-refractivity contribution in [1.82, 2.24) is 10.1 Å². The first-order valence-corrected chi connectivity index (χ1v) is 4.81. The minimum atomic E-state index is -0.376. The minimum Gasteiger partial charge on any atom is -0.457 e. The van der Waals surface area contributed by atoms with Crippen molar-refractivity contribution in [2.45, 2.75) is 6.92 Å². The molecule has 6 nitrogen and oxygen atoms in total. The van der Waals surface area contributed by atoms with E-state index >= 15 is 0 Å². The van der Waals surface area contributed by atoms with Crippen LogP contribution in [0.5, 0.6) is 0 Å². The summed E-state index contributed by atoms with van der Waals surface area (Å²) in [6.45, 7) is 1.66. The van der Waals surface area contributed by atoms with Crippen LogP contribution in [-0.4, -0.2) is 16.0 Å². The van der Waals surface area contributed by atoms with E-state index in [-0.39, 0.29) is 11.9 Å². The van der Waals surface area contributed by atoms with Crippen LogP contribution in [0.2, 0.25) is 0 Å². The van der Waals surface area contributed by atoms with E-state index in [1.54, 1.807) is 6.92 Å². The van der Waals surface area contributed by atoms with E-state index in [4.69, 9.17) is 8.94 Å². The summed E-state index contributed by atoms with van der Waals surface area (Å²) in [6, 6.07) is 1.59. The number of hydrogen-bond acceptors (Lipinski definition) is 5. The average Bonchev–Trinajstić information content (AvgIpc) is 2.75. The van der Waals surface area contributed by atoms with Gasteiger partial charge >= 0.3 is 6.01 Å². The second-order valence-electron chi connectivity index (χ2n) is 2.71. The molecule has 15 heavy (non-hydrogen) atoms. The molecule has 0 aliphatic carbocycles. The molecule has 2 aromatic rings. The third kappa shape index (κ3) is 2.07. The Bertz CT molecular complexity index is 491. The number of furan rings is 1. The lowest BCUT2D eigenvalue weighted by Crippen LogP contribution is -2.11. The van der Waals surface area contributed by atoms with Crippen LogP contribution in [0.25, 0.3) is 0 Å². The molecule has 2 aromatic heterocycles. The van der Waals surface area contributed by atoms with E-state index in [9.17, 15) is 4.79 Å². The highest BCUT2D eigenvalue weighted by Gasteiger charge is 2.15. The number of rotatable bonds is 2. The number of halogens is 1. The van der Waals surface area contributed by atoms with Crippen molar-refractivity contribution in [3.05, 3.63) is 28.4 Å². The van der Waals surface area contributed by atoms with E-state index in [2.05, 4.69) is 31.4 Å². The lowest BCUT2D eigenvalue weighted by Gasteiger charge is -1.96. The van der Waals surface area contributed by atoms with E-state index in [0.717, 1.165) is 0 Å². The monoisotopic (exact) mass is 271 g/mol. The lowest BCUT2D eigenvalue weighted by atomic mass is 10.3. The van der Waals surface area contributed by atoms with E-state index in [0.29, 0.717) is 16.1 Å². The Labute approximate surface area is 92.8 Å². The van der Waals surface area contributed by atoms with Crippen molar-refractivity contribution in [3.8, 4) is 0 Å². The first-order chi connectivity index (χ1) is 7.16. The number of carbonyl (C=O) groups is 1. The van der Waals surface area contributed by atoms with Crippen LogP contribution in [0, 0.1) is 6.92 Å². The third-order valence-electron chi connectivity index (χ3n) is 1.61. The zero-order valence-electron chi connectivity index (χ0n) is 7.65. The molecule has 78 valence electrons. The number of aryl methyl sites for hydroxylation is 1. The molecule has 0 aromatic carbocycles. The van der Waals surface area contributed by atoms with Crippen molar-refractivity contribution in [2.75, 3.05) is 5.32 Å². The van der Waals surface area contributed by atoms with E-state index in [1.807, 2.05) is 0 Å². The zero-order valence-corrected chi connectivity index (χ0v) is 9.24. The number of amides is 1. The van der Waals surface area contributed by atoms with Crippen LogP contribution in [-0.2, 0) is 0 Å². The van der Waals surface area contributed by atoms with Gasteiger partial charge in [0.25, 0.3) is 5.91 Å². The molecule has 0 saturated carbocycles. The molecular formula is C8H6BrN3O3. The molecule has 1 N–H and O–H groups in total. The number of carbonyl (C=O) groups excluding carboxylic acids is 1. The molecule has 0 bridgehead atoms. The lowest BCUT2D eigenvalue weighted by molar-refractivity contribution is 0.102. The Hall–Kier alpha value is -1.63. The third-order valence-corrected chi connectivity index (χ3v) is 2.22. The fourth-order valence-electron chi connectivity index (χ4n) is 0.968. The molecule has 0 unspecified atom stereocenters. The molecule has 0 radical (unpaired) electrons. The summed E-state index contributed by atoms with van der Waals surface area (Å²) in [5.41, 5.74) is 0.367. The van der Waals surface area contributed by atoms with Gasteiger partial charge in [-0.1, -0.05) is 5.16 Å². The van der Waals surface area contributed by atoms with Gasteiger partial charge in [0.05, 0.1) is 11.8 Å². The van der Waals surface area contributed by atoms with Crippen molar-refractivity contribution in [3.63, 3.8) is 0 Å². The minimum absolute atomic E-state index is 0.0607. The van der Waals surface area contributed by atoms with Gasteiger partial charge in [0, 0.05) is 0 Å². The van der Waals surface area contributed by atoms with Gasteiger partial charge in [0.1, 0.15) is 0 Å². The molecule has 0 saturated heterocycles. The predicted octanol–water partition coefficient (Wildman–Crippen LogP) is 1.99. The number of anilines is 1. The van der Waals surface area contributed by atoms with E-state index in [1.165, 1.54) is 12.3 Å². The molecule has 2 rings (SSSR count). The maximum atomic E-state index is 11.6. The van der Waals surface area contributed by atoms with Crippen molar-refractivity contribution in [2.24, 2.45) is 0 Å². The van der Waals surface area contributed by atoms with Gasteiger partial charge in [0.15, 0.2) is 10.5 Å². The highest BCUT2D eigenvalue weighted by Crippen LogP contribution is 2.18. The van der Waals surface area contributed by atoms with Crippen LogP contribution in [0.3, 0.4) is 0 Å². The summed E-state index contributed by atoms with van der Waals surface area (Å²) in [4.78, 5) is 15.4.